The summed E-state index contributed by atoms with van der Waals surface area (Å²) in [6, 6.07) is 16.5. The van der Waals surface area contributed by atoms with E-state index in [0.717, 1.165) is 16.7 Å². The fraction of sp³-hybridized carbons (Fsp3) is 0.235. The van der Waals surface area contributed by atoms with Crippen molar-refractivity contribution in [2.75, 3.05) is 0 Å². The number of nitriles is 1. The van der Waals surface area contributed by atoms with Gasteiger partial charge in [0.2, 0.25) is 0 Å². The van der Waals surface area contributed by atoms with E-state index in [1.54, 1.807) is 0 Å². The van der Waals surface area contributed by atoms with Crippen LogP contribution in [0.3, 0.4) is 0 Å². The molecule has 0 bridgehead atoms. The predicted octanol–water partition coefficient (Wildman–Crippen LogP) is 5.20. The van der Waals surface area contributed by atoms with Gasteiger partial charge in [-0.2, -0.15) is 5.26 Å². The first kappa shape index (κ1) is 13.6. The van der Waals surface area contributed by atoms with Crippen LogP contribution in [0.5, 0.6) is 0 Å². The van der Waals surface area contributed by atoms with Gasteiger partial charge < -0.3 is 0 Å². The molecule has 0 aliphatic carbocycles. The molecule has 0 atom stereocenters. The lowest BCUT2D eigenvalue weighted by molar-refractivity contribution is 0.867. The Bertz CT molecular complexity index is 623. The Morgan fingerprint density at radius 2 is 1.89 bits per heavy atom. The molecule has 0 N–H and O–H groups in total. The van der Waals surface area contributed by atoms with E-state index in [1.165, 1.54) is 5.56 Å². The first-order valence-corrected chi connectivity index (χ1v) is 6.74. The second-order valence-electron chi connectivity index (χ2n) is 4.96. The van der Waals surface area contributed by atoms with Gasteiger partial charge in [0.1, 0.15) is 0 Å². The zero-order valence-corrected chi connectivity index (χ0v) is 11.9. The van der Waals surface area contributed by atoms with Crippen LogP contribution in [0.4, 0.5) is 0 Å². The summed E-state index contributed by atoms with van der Waals surface area (Å²) >= 11 is 6.13. The summed E-state index contributed by atoms with van der Waals surface area (Å²) in [6.07, 6.45) is 0.386. The van der Waals surface area contributed by atoms with Gasteiger partial charge in [0, 0.05) is 5.02 Å². The van der Waals surface area contributed by atoms with Crippen molar-refractivity contribution in [3.05, 3.63) is 58.6 Å². The molecule has 19 heavy (non-hydrogen) atoms. The number of hydrogen-bond acceptors (Lipinski definition) is 1. The Balaban J connectivity index is 2.46. The van der Waals surface area contributed by atoms with E-state index in [4.69, 9.17) is 16.9 Å². The van der Waals surface area contributed by atoms with Gasteiger partial charge in [-0.3, -0.25) is 0 Å². The molecule has 0 saturated carbocycles. The number of halogens is 1. The van der Waals surface area contributed by atoms with Crippen LogP contribution in [0.2, 0.25) is 5.02 Å². The Morgan fingerprint density at radius 3 is 2.58 bits per heavy atom. The summed E-state index contributed by atoms with van der Waals surface area (Å²) < 4.78 is 0. The molecular weight excluding hydrogens is 254 g/mol. The van der Waals surface area contributed by atoms with E-state index in [0.29, 0.717) is 17.4 Å². The van der Waals surface area contributed by atoms with Gasteiger partial charge in [-0.1, -0.05) is 55.8 Å². The highest BCUT2D eigenvalue weighted by atomic mass is 35.5. The Morgan fingerprint density at radius 1 is 1.11 bits per heavy atom. The first-order valence-electron chi connectivity index (χ1n) is 6.37. The van der Waals surface area contributed by atoms with Gasteiger partial charge in [-0.05, 0) is 40.3 Å². The van der Waals surface area contributed by atoms with Crippen LogP contribution in [-0.4, -0.2) is 0 Å². The molecule has 96 valence electrons. The molecule has 0 amide bonds. The summed E-state index contributed by atoms with van der Waals surface area (Å²) in [5.41, 5.74) is 4.48. The van der Waals surface area contributed by atoms with E-state index in [-0.39, 0.29) is 0 Å². The van der Waals surface area contributed by atoms with E-state index >= 15 is 0 Å². The van der Waals surface area contributed by atoms with Crippen LogP contribution in [-0.2, 0) is 6.42 Å². The van der Waals surface area contributed by atoms with Crippen molar-refractivity contribution in [1.29, 1.82) is 5.26 Å². The zero-order chi connectivity index (χ0) is 13.8. The molecule has 1 nitrogen and oxygen atoms in total. The zero-order valence-electron chi connectivity index (χ0n) is 11.2. The molecule has 2 aromatic rings. The lowest BCUT2D eigenvalue weighted by atomic mass is 9.96. The van der Waals surface area contributed by atoms with Crippen molar-refractivity contribution in [3.63, 3.8) is 0 Å². The Labute approximate surface area is 119 Å². The summed E-state index contributed by atoms with van der Waals surface area (Å²) in [4.78, 5) is 0. The highest BCUT2D eigenvalue weighted by molar-refractivity contribution is 6.31. The van der Waals surface area contributed by atoms with Gasteiger partial charge in [-0.25, -0.2) is 0 Å². The summed E-state index contributed by atoms with van der Waals surface area (Å²) in [6.45, 7) is 4.36. The van der Waals surface area contributed by atoms with Crippen LogP contribution in [0.1, 0.15) is 30.9 Å². The van der Waals surface area contributed by atoms with E-state index in [2.05, 4.69) is 44.2 Å². The van der Waals surface area contributed by atoms with Gasteiger partial charge in [-0.15, -0.1) is 0 Å². The van der Waals surface area contributed by atoms with Crippen LogP contribution >= 0.6 is 11.6 Å². The fourth-order valence-electron chi connectivity index (χ4n) is 2.09. The van der Waals surface area contributed by atoms with Gasteiger partial charge >= 0.3 is 0 Å². The molecule has 2 aromatic carbocycles. The van der Waals surface area contributed by atoms with Crippen molar-refractivity contribution in [1.82, 2.24) is 0 Å². The first-order chi connectivity index (χ1) is 9.10. The minimum Gasteiger partial charge on any atom is -0.198 e. The Kier molecular flexibility index (Phi) is 4.24. The molecule has 0 saturated heterocycles. The molecule has 0 unspecified atom stereocenters. The maximum atomic E-state index is 8.80. The minimum absolute atomic E-state index is 0.386. The van der Waals surface area contributed by atoms with Crippen LogP contribution in [0.15, 0.2) is 42.5 Å². The number of rotatable bonds is 3. The molecular formula is C17H16ClN. The van der Waals surface area contributed by atoms with Crippen LogP contribution in [0.25, 0.3) is 11.1 Å². The van der Waals surface area contributed by atoms with Crippen molar-refractivity contribution >= 4 is 11.6 Å². The summed E-state index contributed by atoms with van der Waals surface area (Å²) in [5, 5.41) is 9.47. The molecule has 0 aromatic heterocycles. The summed E-state index contributed by atoms with van der Waals surface area (Å²) in [5.74, 6) is 0.498. The fourth-order valence-corrected chi connectivity index (χ4v) is 2.35. The standard InChI is InChI=1S/C17H16ClN/c1-12(2)14-4-3-5-15(10-14)16-8-13(6-7-19)9-17(18)11-16/h3-5,8-12H,6H2,1-2H3. The molecule has 2 heteroatoms. The monoisotopic (exact) mass is 269 g/mol. The normalized spacial score (nSPS) is 10.5. The second kappa shape index (κ2) is 5.91. The third kappa shape index (κ3) is 3.36. The smallest absolute Gasteiger partial charge is 0.0669 e. The largest absolute Gasteiger partial charge is 0.198 e. The number of hydrogen-bond donors (Lipinski definition) is 0. The van der Waals surface area contributed by atoms with Gasteiger partial charge in [0.15, 0.2) is 0 Å². The number of nitrogens with zero attached hydrogens (tertiary/aromatic N) is 1. The Hall–Kier alpha value is -1.78. The SMILES string of the molecule is CC(C)c1cccc(-c2cc(Cl)cc(CC#N)c2)c1. The van der Waals surface area contributed by atoms with Crippen LogP contribution in [0, 0.1) is 11.3 Å². The lowest BCUT2D eigenvalue weighted by Crippen LogP contribution is -1.89. The number of benzene rings is 2. The van der Waals surface area contributed by atoms with Crippen molar-refractivity contribution in [2.45, 2.75) is 26.2 Å². The van der Waals surface area contributed by atoms with Crippen molar-refractivity contribution < 1.29 is 0 Å². The molecule has 0 radical (unpaired) electrons. The molecule has 0 spiro atoms. The van der Waals surface area contributed by atoms with Gasteiger partial charge in [0.25, 0.3) is 0 Å². The van der Waals surface area contributed by atoms with Crippen molar-refractivity contribution in [3.8, 4) is 17.2 Å². The maximum absolute atomic E-state index is 8.80. The topological polar surface area (TPSA) is 23.8 Å². The lowest BCUT2D eigenvalue weighted by Gasteiger charge is -2.09. The third-order valence-electron chi connectivity index (χ3n) is 3.13. The van der Waals surface area contributed by atoms with Crippen LogP contribution < -0.4 is 0 Å². The highest BCUT2D eigenvalue weighted by Gasteiger charge is 2.05. The summed E-state index contributed by atoms with van der Waals surface area (Å²) in [7, 11) is 0. The second-order valence-corrected chi connectivity index (χ2v) is 5.40. The molecule has 0 aliphatic rings. The third-order valence-corrected chi connectivity index (χ3v) is 3.35. The maximum Gasteiger partial charge on any atom is 0.0669 e. The molecule has 0 aliphatic heterocycles. The van der Waals surface area contributed by atoms with E-state index in [1.807, 2.05) is 18.2 Å². The highest BCUT2D eigenvalue weighted by Crippen LogP contribution is 2.27. The average Bonchev–Trinajstić information content (AvgIpc) is 2.38. The molecule has 2 rings (SSSR count). The quantitative estimate of drug-likeness (QED) is 0.752. The minimum atomic E-state index is 0.386. The van der Waals surface area contributed by atoms with Gasteiger partial charge in [0.05, 0.1) is 12.5 Å². The van der Waals surface area contributed by atoms with E-state index < -0.39 is 0 Å². The predicted molar refractivity (Wildman–Crippen MR) is 80.3 cm³/mol. The molecule has 0 heterocycles. The van der Waals surface area contributed by atoms with E-state index in [9.17, 15) is 0 Å². The van der Waals surface area contributed by atoms with Crippen molar-refractivity contribution in [2.24, 2.45) is 0 Å². The average molecular weight is 270 g/mol. The molecule has 0 fully saturated rings.